The first kappa shape index (κ1) is 15.6. The van der Waals surface area contributed by atoms with Gasteiger partial charge in [0, 0.05) is 0 Å². The van der Waals surface area contributed by atoms with Crippen LogP contribution < -0.4 is 0 Å². The standard InChI is InChI=1S/C10H21.BrH.Zn/c1-3-5-7-9-10-8-6-4-2;;/h1,3-10H2,2H3;1H;/q-1;;+2/p-1. The molecule has 0 aromatic rings. The fourth-order valence-electron chi connectivity index (χ4n) is 1.13. The molecule has 12 heavy (non-hydrogen) atoms. The Labute approximate surface area is 94.9 Å². The molecular formula is C10H21BrZn. The molecule has 0 spiro atoms. The molecule has 0 aliphatic rings. The zero-order valence-electron chi connectivity index (χ0n) is 8.45. The second-order valence-corrected chi connectivity index (χ2v) is 2.97. The molecule has 0 atom stereocenters. The Kier molecular flexibility index (Phi) is 23.4. The Hall–Kier alpha value is 1.10. The monoisotopic (exact) mass is 284 g/mol. The van der Waals surface area contributed by atoms with Crippen LogP contribution >= 0.6 is 13.6 Å². The summed E-state index contributed by atoms with van der Waals surface area (Å²) in [5, 5.41) is 0. The molecule has 0 radical (unpaired) electrons. The number of halogens is 1. The molecule has 0 aromatic carbocycles. The summed E-state index contributed by atoms with van der Waals surface area (Å²) in [4.78, 5) is 0. The van der Waals surface area contributed by atoms with Gasteiger partial charge in [0.2, 0.25) is 0 Å². The topological polar surface area (TPSA) is 0 Å². The van der Waals surface area contributed by atoms with Crippen molar-refractivity contribution < 1.29 is 16.3 Å². The molecule has 2 heteroatoms. The van der Waals surface area contributed by atoms with E-state index in [-0.39, 0.29) is 0 Å². The summed E-state index contributed by atoms with van der Waals surface area (Å²) in [7, 11) is 0. The van der Waals surface area contributed by atoms with Gasteiger partial charge in [-0.2, -0.15) is 6.42 Å². The fraction of sp³-hybridized carbons (Fsp3) is 0.900. The fourth-order valence-corrected chi connectivity index (χ4v) is 1.13. The Balaban J connectivity index is 0. The van der Waals surface area contributed by atoms with Crippen LogP contribution in [-0.2, 0) is 16.3 Å². The molecule has 0 saturated carbocycles. The molecule has 0 rings (SSSR count). The van der Waals surface area contributed by atoms with E-state index in [9.17, 15) is 0 Å². The van der Waals surface area contributed by atoms with Gasteiger partial charge in [-0.15, -0.1) is 0 Å². The van der Waals surface area contributed by atoms with Gasteiger partial charge < -0.3 is 6.92 Å². The summed E-state index contributed by atoms with van der Waals surface area (Å²) >= 11 is 4.25. The third-order valence-electron chi connectivity index (χ3n) is 1.85. The molecule has 0 aliphatic carbocycles. The van der Waals surface area contributed by atoms with Crippen LogP contribution in [0.1, 0.15) is 58.3 Å². The Morgan fingerprint density at radius 1 is 0.917 bits per heavy atom. The van der Waals surface area contributed by atoms with Gasteiger partial charge in [-0.05, 0) is 0 Å². The third-order valence-corrected chi connectivity index (χ3v) is 1.85. The van der Waals surface area contributed by atoms with E-state index in [4.69, 9.17) is 0 Å². The summed E-state index contributed by atoms with van der Waals surface area (Å²) in [5.41, 5.74) is 0. The molecular weight excluding hydrogens is 265 g/mol. The predicted octanol–water partition coefficient (Wildman–Crippen LogP) is 4.80. The zero-order valence-corrected chi connectivity index (χ0v) is 13.0. The molecule has 0 nitrogen and oxygen atoms in total. The van der Waals surface area contributed by atoms with Crippen LogP contribution in [0, 0.1) is 6.92 Å². The van der Waals surface area contributed by atoms with Crippen molar-refractivity contribution in [3.05, 3.63) is 6.92 Å². The van der Waals surface area contributed by atoms with E-state index in [1.165, 1.54) is 61.3 Å². The molecule has 0 aromatic heterocycles. The molecule has 0 unspecified atom stereocenters. The average molecular weight is 287 g/mol. The van der Waals surface area contributed by atoms with Crippen LogP contribution in [0.4, 0.5) is 0 Å². The van der Waals surface area contributed by atoms with Crippen molar-refractivity contribution >= 4 is 13.6 Å². The summed E-state index contributed by atoms with van der Waals surface area (Å²) < 4.78 is 0. The summed E-state index contributed by atoms with van der Waals surface area (Å²) in [6, 6.07) is 0. The van der Waals surface area contributed by atoms with Gasteiger partial charge >= 0.3 is 30.0 Å². The summed E-state index contributed by atoms with van der Waals surface area (Å²) in [5.74, 6) is 0. The first-order valence-corrected chi connectivity index (χ1v) is 11.9. The molecule has 0 aliphatic heterocycles. The third kappa shape index (κ3) is 17.3. The van der Waals surface area contributed by atoms with Crippen molar-refractivity contribution in [3.63, 3.8) is 0 Å². The number of hydrogen-bond donors (Lipinski definition) is 0. The van der Waals surface area contributed by atoms with E-state index in [2.05, 4.69) is 27.5 Å². The maximum absolute atomic E-state index is 3.82. The second-order valence-electron chi connectivity index (χ2n) is 2.97. The quantitative estimate of drug-likeness (QED) is 0.358. The van der Waals surface area contributed by atoms with Crippen LogP contribution in [0.25, 0.3) is 0 Å². The van der Waals surface area contributed by atoms with E-state index in [0.717, 1.165) is 6.42 Å². The predicted molar refractivity (Wildman–Crippen MR) is 56.9 cm³/mol. The number of rotatable bonds is 7. The van der Waals surface area contributed by atoms with Gasteiger partial charge in [0.05, 0.1) is 0 Å². The molecule has 0 saturated heterocycles. The van der Waals surface area contributed by atoms with Crippen molar-refractivity contribution in [2.75, 3.05) is 0 Å². The minimum absolute atomic E-state index is 1.12. The summed E-state index contributed by atoms with van der Waals surface area (Å²) in [6.07, 6.45) is 10.9. The average Bonchev–Trinajstić information content (AvgIpc) is 2.15. The number of unbranched alkanes of at least 4 members (excludes halogenated alkanes) is 7. The van der Waals surface area contributed by atoms with Gasteiger partial charge in [0.1, 0.15) is 0 Å². The normalized spacial score (nSPS) is 9.08. The van der Waals surface area contributed by atoms with E-state index in [0.29, 0.717) is 0 Å². The Morgan fingerprint density at radius 2 is 1.33 bits per heavy atom. The van der Waals surface area contributed by atoms with Gasteiger partial charge in [0.25, 0.3) is 0 Å². The molecule has 0 bridgehead atoms. The van der Waals surface area contributed by atoms with Crippen molar-refractivity contribution in [2.45, 2.75) is 58.3 Å². The van der Waals surface area contributed by atoms with Gasteiger partial charge in [-0.1, -0.05) is 51.9 Å². The minimum atomic E-state index is 1.12. The molecule has 0 heterocycles. The van der Waals surface area contributed by atoms with Crippen LogP contribution in [0.2, 0.25) is 0 Å². The van der Waals surface area contributed by atoms with E-state index >= 15 is 0 Å². The van der Waals surface area contributed by atoms with Crippen molar-refractivity contribution in [1.82, 2.24) is 0 Å². The SMILES string of the molecule is [CH2-]CCCCCCCCC.[Zn+][Br]. The first-order chi connectivity index (χ1) is 5.91. The zero-order chi connectivity index (χ0) is 9.66. The molecule has 0 amide bonds. The van der Waals surface area contributed by atoms with Gasteiger partial charge in [-0.25, -0.2) is 0 Å². The Bertz CT molecular complexity index is 49.8. The van der Waals surface area contributed by atoms with Crippen molar-refractivity contribution in [1.29, 1.82) is 0 Å². The maximum atomic E-state index is 3.82. The van der Waals surface area contributed by atoms with Crippen molar-refractivity contribution in [2.24, 2.45) is 0 Å². The van der Waals surface area contributed by atoms with E-state index < -0.39 is 0 Å². The van der Waals surface area contributed by atoms with Crippen LogP contribution in [0.5, 0.6) is 0 Å². The molecule has 0 N–H and O–H groups in total. The van der Waals surface area contributed by atoms with Crippen LogP contribution in [0.3, 0.4) is 0 Å². The van der Waals surface area contributed by atoms with Crippen molar-refractivity contribution in [3.8, 4) is 0 Å². The van der Waals surface area contributed by atoms with Gasteiger partial charge in [0.15, 0.2) is 0 Å². The molecule has 0 fully saturated rings. The van der Waals surface area contributed by atoms with Crippen LogP contribution in [-0.4, -0.2) is 0 Å². The second kappa shape index (κ2) is 18.0. The van der Waals surface area contributed by atoms with E-state index in [1.807, 2.05) is 0 Å². The Morgan fingerprint density at radius 3 is 1.75 bits per heavy atom. The number of hydrogen-bond acceptors (Lipinski definition) is 0. The molecule has 70 valence electrons. The van der Waals surface area contributed by atoms with Crippen LogP contribution in [0.15, 0.2) is 0 Å². The van der Waals surface area contributed by atoms with E-state index in [1.54, 1.807) is 0 Å². The van der Waals surface area contributed by atoms with Gasteiger partial charge in [-0.3, -0.25) is 0 Å². The first-order valence-electron chi connectivity index (χ1n) is 4.97. The summed E-state index contributed by atoms with van der Waals surface area (Å²) in [6.45, 7) is 6.08.